The number of benzene rings is 11. The van der Waals surface area contributed by atoms with E-state index in [1.54, 1.807) is 0 Å². The maximum absolute atomic E-state index is 4.42. The molecule has 0 aliphatic heterocycles. The molecule has 0 heterocycles. The molecule has 0 aromatic heterocycles. The fraction of sp³-hybridized carbons (Fsp3) is 0.0159. The van der Waals surface area contributed by atoms with E-state index >= 15 is 0 Å². The van der Waals surface area contributed by atoms with Crippen LogP contribution in [0.5, 0.6) is 0 Å². The summed E-state index contributed by atoms with van der Waals surface area (Å²) in [7, 11) is 0. The molecule has 0 atom stereocenters. The van der Waals surface area contributed by atoms with Crippen LogP contribution in [0.3, 0.4) is 0 Å². The molecule has 0 N–H and O–H groups in total. The van der Waals surface area contributed by atoms with Crippen molar-refractivity contribution >= 4 is 117 Å². The van der Waals surface area contributed by atoms with E-state index in [2.05, 4.69) is 243 Å². The summed E-state index contributed by atoms with van der Waals surface area (Å²) in [4.78, 5) is 4.76. The molecule has 0 amide bonds. The fourth-order valence-corrected chi connectivity index (χ4v) is 10.0. The van der Waals surface area contributed by atoms with Crippen molar-refractivity contribution < 1.29 is 0 Å². The molecule has 65 heavy (non-hydrogen) atoms. The summed E-state index contributed by atoms with van der Waals surface area (Å²) in [5.74, 6) is 0. The van der Waals surface area contributed by atoms with Crippen LogP contribution in [0.2, 0.25) is 0 Å². The van der Waals surface area contributed by atoms with Gasteiger partial charge in [0.05, 0.1) is 11.4 Å². The lowest BCUT2D eigenvalue weighted by Crippen LogP contribution is -2.31. The van der Waals surface area contributed by atoms with E-state index in [1.807, 2.05) is 18.2 Å². The summed E-state index contributed by atoms with van der Waals surface area (Å²) >= 11 is 0. The van der Waals surface area contributed by atoms with Gasteiger partial charge in [-0.2, -0.15) is 0 Å². The van der Waals surface area contributed by atoms with Crippen molar-refractivity contribution in [1.29, 1.82) is 0 Å². The van der Waals surface area contributed by atoms with Crippen molar-refractivity contribution in [2.45, 2.75) is 6.92 Å². The number of anilines is 5. The highest BCUT2D eigenvalue weighted by atomic mass is 15.2. The SMILES string of the molecule is C=C/C(=c1/cccc/c1=C/C)N(c1ccc(C=C)cc1)c1ccc2c3ccccc3c3c4cc(N(c5ccc(C=C)cc5)c5cccc6ccccc56)ccc4c4ccccc4c3c2c1. The quantitative estimate of drug-likeness (QED) is 0.134. The molecule has 308 valence electrons. The third-order valence-electron chi connectivity index (χ3n) is 13.0. The second kappa shape index (κ2) is 16.3. The number of rotatable bonds is 9. The fourth-order valence-electron chi connectivity index (χ4n) is 10.0. The maximum atomic E-state index is 4.42. The molecule has 0 aliphatic rings. The van der Waals surface area contributed by atoms with E-state index < -0.39 is 0 Å². The first-order valence-corrected chi connectivity index (χ1v) is 22.2. The second-order valence-electron chi connectivity index (χ2n) is 16.5. The van der Waals surface area contributed by atoms with Crippen LogP contribution in [-0.4, -0.2) is 0 Å². The minimum Gasteiger partial charge on any atom is -0.310 e. The summed E-state index contributed by atoms with van der Waals surface area (Å²) in [6.07, 6.45) is 7.95. The Kier molecular flexibility index (Phi) is 9.90. The Balaban J connectivity index is 1.26. The second-order valence-corrected chi connectivity index (χ2v) is 16.5. The van der Waals surface area contributed by atoms with Crippen molar-refractivity contribution in [1.82, 2.24) is 0 Å². The summed E-state index contributed by atoms with van der Waals surface area (Å²) in [6, 6.07) is 73.0. The molecule has 0 bridgehead atoms. The molecule has 11 aromatic carbocycles. The molecule has 11 rings (SSSR count). The van der Waals surface area contributed by atoms with E-state index in [-0.39, 0.29) is 0 Å². The van der Waals surface area contributed by atoms with Gasteiger partial charge in [0.1, 0.15) is 0 Å². The summed E-state index contributed by atoms with van der Waals surface area (Å²) < 4.78 is 0. The predicted octanol–water partition coefficient (Wildman–Crippen LogP) is 16.3. The average molecular weight is 831 g/mol. The highest BCUT2D eigenvalue weighted by molar-refractivity contribution is 6.40. The molecule has 0 saturated carbocycles. The summed E-state index contributed by atoms with van der Waals surface area (Å²) in [5.41, 5.74) is 8.52. The van der Waals surface area contributed by atoms with Gasteiger partial charge < -0.3 is 9.80 Å². The molecule has 0 fully saturated rings. The molecular weight excluding hydrogens is 785 g/mol. The molecular formula is C63H46N2. The third-order valence-corrected chi connectivity index (χ3v) is 13.0. The Bertz CT molecular complexity index is 3830. The lowest BCUT2D eigenvalue weighted by molar-refractivity contribution is 1.29. The van der Waals surface area contributed by atoms with Gasteiger partial charge in [0.2, 0.25) is 0 Å². The normalized spacial score (nSPS) is 12.3. The first kappa shape index (κ1) is 39.4. The monoisotopic (exact) mass is 830 g/mol. The predicted molar refractivity (Wildman–Crippen MR) is 284 cm³/mol. The summed E-state index contributed by atoms with van der Waals surface area (Å²) in [5, 5.41) is 16.8. The van der Waals surface area contributed by atoms with Gasteiger partial charge in [-0.3, -0.25) is 0 Å². The van der Waals surface area contributed by atoms with E-state index in [1.165, 1.54) is 64.6 Å². The maximum Gasteiger partial charge on any atom is 0.0540 e. The molecule has 2 nitrogen and oxygen atoms in total. The molecule has 0 unspecified atom stereocenters. The number of fused-ring (bicyclic) bond motifs is 12. The standard InChI is InChI=1S/C63H46N2/c1-5-42-28-32-46(33-29-42)64(60(8-4)50-21-11-9-18-44(50)7-3)48-36-38-54-52-23-13-16-26-57(52)63-59-41-49(37-39-55(59)53-24-14-15-25-56(53)62(63)58(54)40-48)65(47-34-30-43(6-2)31-35-47)61-27-17-20-45-19-10-12-22-51(45)61/h5-41H,1-2,4H2,3H3/b44-7-,60-50+. The van der Waals surface area contributed by atoms with Crippen molar-refractivity contribution in [2.24, 2.45) is 0 Å². The molecule has 2 heteroatoms. The van der Waals surface area contributed by atoms with Crippen molar-refractivity contribution in [3.63, 3.8) is 0 Å². The number of hydrogen-bond acceptors (Lipinski definition) is 2. The first-order chi connectivity index (χ1) is 32.1. The van der Waals surface area contributed by atoms with Gasteiger partial charge in [0, 0.05) is 33.4 Å². The van der Waals surface area contributed by atoms with Crippen LogP contribution in [0.1, 0.15) is 18.1 Å². The minimum atomic E-state index is 1.00. The van der Waals surface area contributed by atoms with Crippen LogP contribution < -0.4 is 20.2 Å². The van der Waals surface area contributed by atoms with Crippen LogP contribution in [0, 0.1) is 0 Å². The van der Waals surface area contributed by atoms with Gasteiger partial charge in [-0.1, -0.05) is 184 Å². The Labute approximate surface area is 379 Å². The molecule has 0 radical (unpaired) electrons. The lowest BCUT2D eigenvalue weighted by Gasteiger charge is -2.28. The molecule has 0 aliphatic carbocycles. The number of hydrogen-bond donors (Lipinski definition) is 0. The van der Waals surface area contributed by atoms with Crippen LogP contribution in [-0.2, 0) is 0 Å². The van der Waals surface area contributed by atoms with Gasteiger partial charge in [-0.25, -0.2) is 0 Å². The first-order valence-electron chi connectivity index (χ1n) is 22.2. The third kappa shape index (κ3) is 6.58. The topological polar surface area (TPSA) is 6.48 Å². The van der Waals surface area contributed by atoms with Crippen LogP contribution in [0.25, 0.3) is 88.6 Å². The van der Waals surface area contributed by atoms with Crippen LogP contribution in [0.4, 0.5) is 28.4 Å². The zero-order valence-electron chi connectivity index (χ0n) is 36.4. The average Bonchev–Trinajstić information content (AvgIpc) is 3.38. The van der Waals surface area contributed by atoms with Gasteiger partial charge in [-0.05, 0) is 143 Å². The Morgan fingerprint density at radius 3 is 1.48 bits per heavy atom. The van der Waals surface area contributed by atoms with Gasteiger partial charge in [-0.15, -0.1) is 0 Å². The van der Waals surface area contributed by atoms with E-state index in [9.17, 15) is 0 Å². The van der Waals surface area contributed by atoms with E-state index in [0.717, 1.165) is 55.7 Å². The number of nitrogens with zero attached hydrogens (tertiary/aromatic N) is 2. The minimum absolute atomic E-state index is 1.00. The summed E-state index contributed by atoms with van der Waals surface area (Å²) in [6.45, 7) is 14.6. The lowest BCUT2D eigenvalue weighted by atomic mass is 9.86. The van der Waals surface area contributed by atoms with Crippen molar-refractivity contribution in [3.8, 4) is 0 Å². The largest absolute Gasteiger partial charge is 0.310 e. The van der Waals surface area contributed by atoms with E-state index in [0.29, 0.717) is 0 Å². The zero-order chi connectivity index (χ0) is 44.0. The molecule has 0 saturated heterocycles. The highest BCUT2D eigenvalue weighted by Gasteiger charge is 2.22. The highest BCUT2D eigenvalue weighted by Crippen LogP contribution is 2.48. The van der Waals surface area contributed by atoms with Crippen LogP contribution in [0.15, 0.2) is 226 Å². The Hall–Kier alpha value is -8.46. The Morgan fingerprint density at radius 1 is 0.400 bits per heavy atom. The Morgan fingerprint density at radius 2 is 0.877 bits per heavy atom. The van der Waals surface area contributed by atoms with Crippen LogP contribution >= 0.6 is 0 Å². The zero-order valence-corrected chi connectivity index (χ0v) is 36.4. The van der Waals surface area contributed by atoms with Crippen molar-refractivity contribution in [2.75, 3.05) is 9.80 Å². The smallest absolute Gasteiger partial charge is 0.0540 e. The molecule has 0 spiro atoms. The van der Waals surface area contributed by atoms with Gasteiger partial charge in [0.25, 0.3) is 0 Å². The van der Waals surface area contributed by atoms with Crippen molar-refractivity contribution in [3.05, 3.63) is 248 Å². The molecule has 11 aromatic rings. The van der Waals surface area contributed by atoms with Gasteiger partial charge >= 0.3 is 0 Å². The van der Waals surface area contributed by atoms with Gasteiger partial charge in [0.15, 0.2) is 0 Å². The van der Waals surface area contributed by atoms with E-state index in [4.69, 9.17) is 0 Å².